The summed E-state index contributed by atoms with van der Waals surface area (Å²) in [5, 5.41) is 16.4. The standard InChI is InChI=1S/C22H20N6O2S2/c1-4-15(19(29)25-18-14(10-23)11-24-28(18)3)32-22-26-20(30)17-16(12(2)31-21(17)27-22)13-8-6-5-7-9-13/h5-9,11,15H,4H2,1-3H3,(H,25,29)(H,26,27,30). The minimum atomic E-state index is -0.508. The molecule has 32 heavy (non-hydrogen) atoms. The highest BCUT2D eigenvalue weighted by atomic mass is 32.2. The summed E-state index contributed by atoms with van der Waals surface area (Å²) in [6.45, 7) is 3.86. The van der Waals surface area contributed by atoms with Crippen molar-refractivity contribution in [2.75, 3.05) is 5.32 Å². The van der Waals surface area contributed by atoms with Gasteiger partial charge in [-0.1, -0.05) is 49.0 Å². The molecule has 1 aromatic carbocycles. The molecule has 4 rings (SSSR count). The first-order chi connectivity index (χ1) is 15.4. The van der Waals surface area contributed by atoms with Gasteiger partial charge in [-0.3, -0.25) is 14.3 Å². The third-order valence-corrected chi connectivity index (χ3v) is 7.24. The highest BCUT2D eigenvalue weighted by Crippen LogP contribution is 2.36. The summed E-state index contributed by atoms with van der Waals surface area (Å²) in [7, 11) is 1.65. The number of nitriles is 1. The number of carbonyl (C=O) groups excluding carboxylic acids is 1. The van der Waals surface area contributed by atoms with Crippen molar-refractivity contribution in [2.45, 2.75) is 30.7 Å². The second-order valence-corrected chi connectivity index (χ2v) is 9.49. The van der Waals surface area contributed by atoms with E-state index in [0.29, 0.717) is 27.6 Å². The normalized spacial score (nSPS) is 11.9. The number of thioether (sulfide) groups is 1. The number of thiophene rings is 1. The maximum atomic E-state index is 13.0. The molecule has 0 saturated heterocycles. The molecule has 1 atom stereocenters. The molecule has 1 unspecified atom stereocenters. The van der Waals surface area contributed by atoms with Crippen molar-refractivity contribution in [3.63, 3.8) is 0 Å². The number of carbonyl (C=O) groups is 1. The third-order valence-electron chi connectivity index (χ3n) is 5.00. The molecule has 162 valence electrons. The first-order valence-corrected chi connectivity index (χ1v) is 11.6. The number of amides is 1. The van der Waals surface area contributed by atoms with Gasteiger partial charge in [0.05, 0.1) is 16.8 Å². The molecule has 3 heterocycles. The van der Waals surface area contributed by atoms with Crippen molar-refractivity contribution < 1.29 is 4.79 Å². The molecule has 0 aliphatic rings. The molecule has 0 aliphatic heterocycles. The summed E-state index contributed by atoms with van der Waals surface area (Å²) in [6.07, 6.45) is 1.91. The van der Waals surface area contributed by atoms with Gasteiger partial charge in [-0.05, 0) is 18.9 Å². The average molecular weight is 465 g/mol. The fourth-order valence-electron chi connectivity index (χ4n) is 3.43. The smallest absolute Gasteiger partial charge is 0.260 e. The summed E-state index contributed by atoms with van der Waals surface area (Å²) in [5.41, 5.74) is 1.92. The third kappa shape index (κ3) is 4.04. The molecule has 0 bridgehead atoms. The first-order valence-electron chi connectivity index (χ1n) is 9.91. The number of hydrogen-bond acceptors (Lipinski definition) is 7. The molecule has 0 saturated carbocycles. The zero-order chi connectivity index (χ0) is 22.8. The van der Waals surface area contributed by atoms with E-state index in [-0.39, 0.29) is 17.0 Å². The number of nitrogens with zero attached hydrogens (tertiary/aromatic N) is 4. The Morgan fingerprint density at radius 2 is 2.12 bits per heavy atom. The van der Waals surface area contributed by atoms with Crippen LogP contribution in [0.5, 0.6) is 0 Å². The van der Waals surface area contributed by atoms with Crippen LogP contribution in [0.15, 0.2) is 46.5 Å². The van der Waals surface area contributed by atoms with Crippen molar-refractivity contribution in [1.82, 2.24) is 19.7 Å². The lowest BCUT2D eigenvalue weighted by Crippen LogP contribution is -2.26. The Balaban J connectivity index is 1.64. The number of aromatic nitrogens is 4. The maximum Gasteiger partial charge on any atom is 0.260 e. The van der Waals surface area contributed by atoms with Crippen LogP contribution >= 0.6 is 23.1 Å². The zero-order valence-corrected chi connectivity index (χ0v) is 19.3. The van der Waals surface area contributed by atoms with Gasteiger partial charge >= 0.3 is 0 Å². The van der Waals surface area contributed by atoms with Crippen molar-refractivity contribution >= 4 is 45.0 Å². The van der Waals surface area contributed by atoms with Crippen LogP contribution in [0, 0.1) is 18.3 Å². The van der Waals surface area contributed by atoms with Gasteiger partial charge in [-0.15, -0.1) is 11.3 Å². The van der Waals surface area contributed by atoms with Gasteiger partial charge in [0.25, 0.3) is 5.56 Å². The Bertz CT molecular complexity index is 1400. The van der Waals surface area contributed by atoms with Gasteiger partial charge in [-0.25, -0.2) is 4.98 Å². The maximum absolute atomic E-state index is 13.0. The fourth-order valence-corrected chi connectivity index (χ4v) is 5.43. The van der Waals surface area contributed by atoms with E-state index in [2.05, 4.69) is 20.4 Å². The lowest BCUT2D eigenvalue weighted by Gasteiger charge is -2.14. The Labute approximate surface area is 192 Å². The van der Waals surface area contributed by atoms with Gasteiger partial charge in [-0.2, -0.15) is 10.4 Å². The number of anilines is 1. The molecular formula is C22H20N6O2S2. The molecule has 3 aromatic heterocycles. The number of nitrogens with one attached hydrogen (secondary N) is 2. The Hall–Kier alpha value is -3.42. The summed E-state index contributed by atoms with van der Waals surface area (Å²) in [6, 6.07) is 11.8. The van der Waals surface area contributed by atoms with E-state index >= 15 is 0 Å². The summed E-state index contributed by atoms with van der Waals surface area (Å²) in [5.74, 6) is 0.0579. The van der Waals surface area contributed by atoms with E-state index in [9.17, 15) is 14.9 Å². The lowest BCUT2D eigenvalue weighted by atomic mass is 10.0. The topological polar surface area (TPSA) is 116 Å². The van der Waals surface area contributed by atoms with Crippen molar-refractivity contribution in [3.05, 3.63) is 57.3 Å². The van der Waals surface area contributed by atoms with Gasteiger partial charge < -0.3 is 10.3 Å². The zero-order valence-electron chi connectivity index (χ0n) is 17.7. The van der Waals surface area contributed by atoms with Gasteiger partial charge in [0.1, 0.15) is 22.3 Å². The number of rotatable bonds is 6. The Kier molecular flexibility index (Phi) is 6.12. The number of aryl methyl sites for hydroxylation is 2. The molecule has 0 spiro atoms. The van der Waals surface area contributed by atoms with Crippen LogP contribution < -0.4 is 10.9 Å². The number of H-pyrrole nitrogens is 1. The molecule has 0 fully saturated rings. The summed E-state index contributed by atoms with van der Waals surface area (Å²) in [4.78, 5) is 35.0. The van der Waals surface area contributed by atoms with E-state index in [1.807, 2.05) is 50.2 Å². The molecule has 2 N–H and O–H groups in total. The number of aromatic amines is 1. The second kappa shape index (κ2) is 8.98. The van der Waals surface area contributed by atoms with E-state index in [4.69, 9.17) is 0 Å². The lowest BCUT2D eigenvalue weighted by molar-refractivity contribution is -0.115. The summed E-state index contributed by atoms with van der Waals surface area (Å²) >= 11 is 2.66. The predicted octanol–water partition coefficient (Wildman–Crippen LogP) is 4.07. The van der Waals surface area contributed by atoms with Crippen LogP contribution in [-0.4, -0.2) is 30.9 Å². The number of benzene rings is 1. The van der Waals surface area contributed by atoms with Crippen LogP contribution in [0.2, 0.25) is 0 Å². The van der Waals surface area contributed by atoms with E-state index < -0.39 is 5.25 Å². The fraction of sp³-hybridized carbons (Fsp3) is 0.227. The molecule has 0 aliphatic carbocycles. The van der Waals surface area contributed by atoms with Gasteiger partial charge in [0.15, 0.2) is 5.16 Å². The molecule has 1 amide bonds. The van der Waals surface area contributed by atoms with Crippen LogP contribution in [0.3, 0.4) is 0 Å². The average Bonchev–Trinajstić information content (AvgIpc) is 3.31. The molecular weight excluding hydrogens is 444 g/mol. The van der Waals surface area contributed by atoms with Crippen LogP contribution in [-0.2, 0) is 11.8 Å². The summed E-state index contributed by atoms with van der Waals surface area (Å²) < 4.78 is 1.44. The van der Waals surface area contributed by atoms with Gasteiger partial charge in [0, 0.05) is 17.5 Å². The number of hydrogen-bond donors (Lipinski definition) is 2. The van der Waals surface area contributed by atoms with E-state index in [0.717, 1.165) is 16.0 Å². The van der Waals surface area contributed by atoms with Crippen molar-refractivity contribution in [2.24, 2.45) is 7.05 Å². The monoisotopic (exact) mass is 464 g/mol. The quantitative estimate of drug-likeness (QED) is 0.328. The second-order valence-electron chi connectivity index (χ2n) is 7.10. The molecule has 10 heteroatoms. The minimum Gasteiger partial charge on any atom is -0.309 e. The van der Waals surface area contributed by atoms with E-state index in [1.165, 1.54) is 34.0 Å². The Morgan fingerprint density at radius 1 is 1.38 bits per heavy atom. The van der Waals surface area contributed by atoms with Crippen LogP contribution in [0.4, 0.5) is 5.82 Å². The number of fused-ring (bicyclic) bond motifs is 1. The highest BCUT2D eigenvalue weighted by Gasteiger charge is 2.23. The molecule has 8 nitrogen and oxygen atoms in total. The molecule has 0 radical (unpaired) electrons. The van der Waals surface area contributed by atoms with Crippen LogP contribution in [0.1, 0.15) is 23.8 Å². The van der Waals surface area contributed by atoms with Crippen LogP contribution in [0.25, 0.3) is 21.3 Å². The largest absolute Gasteiger partial charge is 0.309 e. The molecule has 4 aromatic rings. The minimum absolute atomic E-state index is 0.227. The Morgan fingerprint density at radius 3 is 2.81 bits per heavy atom. The van der Waals surface area contributed by atoms with E-state index in [1.54, 1.807) is 7.05 Å². The van der Waals surface area contributed by atoms with Crippen molar-refractivity contribution in [3.8, 4) is 17.2 Å². The highest BCUT2D eigenvalue weighted by molar-refractivity contribution is 8.00. The first kappa shape index (κ1) is 21.8. The SMILES string of the molecule is CCC(Sc1nc2sc(C)c(-c3ccccc3)c2c(=O)[nH]1)C(=O)Nc1c(C#N)cnn1C. The van der Waals surface area contributed by atoms with Gasteiger partial charge in [0.2, 0.25) is 5.91 Å². The predicted molar refractivity (Wildman–Crippen MR) is 127 cm³/mol. The van der Waals surface area contributed by atoms with Crippen molar-refractivity contribution in [1.29, 1.82) is 5.26 Å².